The maximum atomic E-state index is 9.21. The van der Waals surface area contributed by atoms with Crippen LogP contribution in [0.15, 0.2) is 42.5 Å². The lowest BCUT2D eigenvalue weighted by Gasteiger charge is -2.02. The Labute approximate surface area is 101 Å². The predicted octanol–water partition coefficient (Wildman–Crippen LogP) is 3.40. The quantitative estimate of drug-likeness (QED) is 0.716. The first kappa shape index (κ1) is 11.2. The van der Waals surface area contributed by atoms with Crippen molar-refractivity contribution >= 4 is 11.6 Å². The van der Waals surface area contributed by atoms with Crippen LogP contribution in [0.25, 0.3) is 11.6 Å². The van der Waals surface area contributed by atoms with Crippen molar-refractivity contribution in [3.8, 4) is 6.07 Å². The van der Waals surface area contributed by atoms with Crippen molar-refractivity contribution in [2.24, 2.45) is 7.05 Å². The molecule has 2 aromatic rings. The maximum Gasteiger partial charge on any atom is 0.0998 e. The van der Waals surface area contributed by atoms with E-state index < -0.39 is 0 Å². The molecule has 0 aliphatic heterocycles. The molecule has 0 N–H and O–H groups in total. The Bertz CT molecular complexity index is 583. The first-order chi connectivity index (χ1) is 8.22. The molecule has 0 saturated heterocycles. The van der Waals surface area contributed by atoms with E-state index in [0.29, 0.717) is 5.57 Å². The molecule has 0 atom stereocenters. The zero-order valence-corrected chi connectivity index (χ0v) is 10.0. The van der Waals surface area contributed by atoms with E-state index in [0.717, 1.165) is 11.3 Å². The fourth-order valence-electron chi connectivity index (χ4n) is 1.72. The van der Waals surface area contributed by atoms with E-state index in [-0.39, 0.29) is 0 Å². The van der Waals surface area contributed by atoms with Gasteiger partial charge in [-0.1, -0.05) is 30.3 Å². The van der Waals surface area contributed by atoms with Gasteiger partial charge < -0.3 is 4.57 Å². The highest BCUT2D eigenvalue weighted by atomic mass is 14.9. The number of hydrogen-bond donors (Lipinski definition) is 0. The van der Waals surface area contributed by atoms with Gasteiger partial charge in [0.1, 0.15) is 0 Å². The standard InChI is InChI=1S/C15H14N2/c1-12-8-9-15(17(12)2)10-14(11-16)13-6-4-3-5-7-13/h3-10H,1-2H3/b14-10+. The predicted molar refractivity (Wildman–Crippen MR) is 70.1 cm³/mol. The van der Waals surface area contributed by atoms with Gasteiger partial charge in [0.2, 0.25) is 0 Å². The van der Waals surface area contributed by atoms with Crippen LogP contribution in [-0.4, -0.2) is 4.57 Å². The number of aryl methyl sites for hydroxylation is 1. The minimum Gasteiger partial charge on any atom is -0.348 e. The van der Waals surface area contributed by atoms with Gasteiger partial charge in [-0.25, -0.2) is 0 Å². The van der Waals surface area contributed by atoms with Crippen LogP contribution in [-0.2, 0) is 7.05 Å². The van der Waals surface area contributed by atoms with Crippen LogP contribution in [0.4, 0.5) is 0 Å². The second-order valence-corrected chi connectivity index (χ2v) is 3.99. The second-order valence-electron chi connectivity index (χ2n) is 3.99. The third-order valence-electron chi connectivity index (χ3n) is 2.91. The molecule has 84 valence electrons. The molecule has 1 heterocycles. The van der Waals surface area contributed by atoms with Gasteiger partial charge in [0, 0.05) is 18.4 Å². The molecule has 0 spiro atoms. The molecule has 0 fully saturated rings. The summed E-state index contributed by atoms with van der Waals surface area (Å²) in [4.78, 5) is 0. The van der Waals surface area contributed by atoms with Crippen molar-refractivity contribution in [3.63, 3.8) is 0 Å². The van der Waals surface area contributed by atoms with Crippen molar-refractivity contribution < 1.29 is 0 Å². The summed E-state index contributed by atoms with van der Waals surface area (Å²) < 4.78 is 2.07. The van der Waals surface area contributed by atoms with Crippen LogP contribution in [0.1, 0.15) is 17.0 Å². The van der Waals surface area contributed by atoms with Crippen LogP contribution in [0.3, 0.4) is 0 Å². The van der Waals surface area contributed by atoms with Crippen molar-refractivity contribution in [1.82, 2.24) is 4.57 Å². The average Bonchev–Trinajstić information content (AvgIpc) is 2.68. The Morgan fingerprint density at radius 2 is 1.88 bits per heavy atom. The lowest BCUT2D eigenvalue weighted by molar-refractivity contribution is 0.872. The minimum absolute atomic E-state index is 0.687. The Morgan fingerprint density at radius 3 is 2.41 bits per heavy atom. The third kappa shape index (κ3) is 2.29. The van der Waals surface area contributed by atoms with Gasteiger partial charge in [-0.3, -0.25) is 0 Å². The summed E-state index contributed by atoms with van der Waals surface area (Å²) in [7, 11) is 2.00. The largest absolute Gasteiger partial charge is 0.348 e. The molecule has 0 aliphatic carbocycles. The number of benzene rings is 1. The molecule has 0 unspecified atom stereocenters. The molecule has 1 aromatic heterocycles. The smallest absolute Gasteiger partial charge is 0.0998 e. The monoisotopic (exact) mass is 222 g/mol. The number of allylic oxidation sites excluding steroid dienone is 1. The second kappa shape index (κ2) is 4.71. The molecule has 1 aromatic carbocycles. The molecule has 17 heavy (non-hydrogen) atoms. The fourth-order valence-corrected chi connectivity index (χ4v) is 1.72. The summed E-state index contributed by atoms with van der Waals surface area (Å²) in [6.07, 6.45) is 1.92. The van der Waals surface area contributed by atoms with Gasteiger partial charge in [0.25, 0.3) is 0 Å². The van der Waals surface area contributed by atoms with Crippen LogP contribution in [0.2, 0.25) is 0 Å². The lowest BCUT2D eigenvalue weighted by atomic mass is 10.1. The highest BCUT2D eigenvalue weighted by molar-refractivity contribution is 5.89. The number of nitrogens with zero attached hydrogens (tertiary/aromatic N) is 2. The van der Waals surface area contributed by atoms with E-state index in [1.54, 1.807) is 0 Å². The van der Waals surface area contributed by atoms with Gasteiger partial charge in [-0.15, -0.1) is 0 Å². The topological polar surface area (TPSA) is 28.7 Å². The summed E-state index contributed by atoms with van der Waals surface area (Å²) in [5.74, 6) is 0. The molecule has 0 radical (unpaired) electrons. The Hall–Kier alpha value is -2.27. The summed E-state index contributed by atoms with van der Waals surface area (Å²) >= 11 is 0. The lowest BCUT2D eigenvalue weighted by Crippen LogP contribution is -1.93. The highest BCUT2D eigenvalue weighted by Gasteiger charge is 2.03. The zero-order chi connectivity index (χ0) is 12.3. The molecule has 0 saturated carbocycles. The molecule has 2 heteroatoms. The Kier molecular flexibility index (Phi) is 3.11. The first-order valence-corrected chi connectivity index (χ1v) is 5.52. The minimum atomic E-state index is 0.687. The van der Waals surface area contributed by atoms with E-state index in [2.05, 4.69) is 10.6 Å². The van der Waals surface area contributed by atoms with Crippen molar-refractivity contribution in [2.45, 2.75) is 6.92 Å². The number of aromatic nitrogens is 1. The van der Waals surface area contributed by atoms with Crippen molar-refractivity contribution in [3.05, 3.63) is 59.4 Å². The van der Waals surface area contributed by atoms with E-state index in [9.17, 15) is 5.26 Å². The first-order valence-electron chi connectivity index (χ1n) is 5.52. The summed E-state index contributed by atoms with van der Waals surface area (Å²) in [6.45, 7) is 2.05. The van der Waals surface area contributed by atoms with Crippen molar-refractivity contribution in [1.29, 1.82) is 5.26 Å². The SMILES string of the molecule is Cc1ccc(/C=C(\C#N)c2ccccc2)n1C. The van der Waals surface area contributed by atoms with E-state index in [4.69, 9.17) is 0 Å². The summed E-state index contributed by atoms with van der Waals surface area (Å²) in [5.41, 5.74) is 3.87. The van der Waals surface area contributed by atoms with Gasteiger partial charge in [0.05, 0.1) is 11.6 Å². The van der Waals surface area contributed by atoms with E-state index in [1.165, 1.54) is 5.69 Å². The summed E-state index contributed by atoms with van der Waals surface area (Å²) in [6, 6.07) is 16.1. The van der Waals surface area contributed by atoms with Gasteiger partial charge in [-0.2, -0.15) is 5.26 Å². The molecule has 2 rings (SSSR count). The third-order valence-corrected chi connectivity index (χ3v) is 2.91. The fraction of sp³-hybridized carbons (Fsp3) is 0.133. The highest BCUT2D eigenvalue weighted by Crippen LogP contribution is 2.18. The van der Waals surface area contributed by atoms with Gasteiger partial charge >= 0.3 is 0 Å². The maximum absolute atomic E-state index is 9.21. The zero-order valence-electron chi connectivity index (χ0n) is 10.0. The normalized spacial score (nSPS) is 11.2. The molecule has 2 nitrogen and oxygen atoms in total. The summed E-state index contributed by atoms with van der Waals surface area (Å²) in [5, 5.41) is 9.21. The van der Waals surface area contributed by atoms with Crippen LogP contribution < -0.4 is 0 Å². The van der Waals surface area contributed by atoms with Crippen LogP contribution in [0, 0.1) is 18.3 Å². The van der Waals surface area contributed by atoms with Gasteiger partial charge in [0.15, 0.2) is 0 Å². The number of hydrogen-bond acceptors (Lipinski definition) is 1. The molecule has 0 amide bonds. The van der Waals surface area contributed by atoms with Crippen molar-refractivity contribution in [2.75, 3.05) is 0 Å². The van der Waals surface area contributed by atoms with Crippen LogP contribution >= 0.6 is 0 Å². The molecule has 0 bridgehead atoms. The van der Waals surface area contributed by atoms with E-state index in [1.807, 2.05) is 62.5 Å². The Balaban J connectivity index is 2.45. The molecular weight excluding hydrogens is 208 g/mol. The Morgan fingerprint density at radius 1 is 1.18 bits per heavy atom. The van der Waals surface area contributed by atoms with E-state index >= 15 is 0 Å². The average molecular weight is 222 g/mol. The number of nitriles is 1. The molecule has 0 aliphatic rings. The molecular formula is C15H14N2. The number of rotatable bonds is 2. The van der Waals surface area contributed by atoms with Gasteiger partial charge in [-0.05, 0) is 30.7 Å². The van der Waals surface area contributed by atoms with Crippen LogP contribution in [0.5, 0.6) is 0 Å².